The van der Waals surface area contributed by atoms with Crippen molar-refractivity contribution in [3.05, 3.63) is 40.4 Å². The van der Waals surface area contributed by atoms with E-state index in [0.717, 1.165) is 5.56 Å². The molecule has 1 amide bonds. The quantitative estimate of drug-likeness (QED) is 0.814. The molecule has 1 fully saturated rings. The van der Waals surface area contributed by atoms with Crippen LogP contribution in [0.4, 0.5) is 0 Å². The molecule has 2 N–H and O–H groups in total. The molecular formula is C17H19N3O5. The first-order chi connectivity index (χ1) is 11.9. The van der Waals surface area contributed by atoms with Crippen LogP contribution in [0.15, 0.2) is 29.3 Å². The van der Waals surface area contributed by atoms with E-state index < -0.39 is 17.4 Å². The summed E-state index contributed by atoms with van der Waals surface area (Å²) in [7, 11) is 0. The van der Waals surface area contributed by atoms with Crippen LogP contribution in [0.3, 0.4) is 0 Å². The van der Waals surface area contributed by atoms with Crippen molar-refractivity contribution in [2.75, 3.05) is 13.2 Å². The number of hydrogen-bond donors (Lipinski definition) is 2. The third-order valence-electron chi connectivity index (χ3n) is 4.44. The van der Waals surface area contributed by atoms with Gasteiger partial charge in [-0.2, -0.15) is 0 Å². The summed E-state index contributed by atoms with van der Waals surface area (Å²) in [6.07, 6.45) is 1.62. The van der Waals surface area contributed by atoms with Gasteiger partial charge >= 0.3 is 5.97 Å². The fraction of sp³-hybridized carbons (Fsp3) is 0.412. The molecule has 3 rings (SSSR count). The van der Waals surface area contributed by atoms with Crippen LogP contribution in [0.2, 0.25) is 0 Å². The molecule has 0 radical (unpaired) electrons. The summed E-state index contributed by atoms with van der Waals surface area (Å²) in [5, 5.41) is 12.3. The number of aryl methyl sites for hydroxylation is 2. The number of benzene rings is 1. The average Bonchev–Trinajstić information content (AvgIpc) is 3.05. The maximum atomic E-state index is 12.5. The normalized spacial score (nSPS) is 19.9. The lowest BCUT2D eigenvalue weighted by Gasteiger charge is -2.23. The van der Waals surface area contributed by atoms with Crippen molar-refractivity contribution in [2.24, 2.45) is 0 Å². The number of aromatic nitrogens is 2. The molecular weight excluding hydrogens is 326 g/mol. The SMILES string of the molecule is Cc1cccc2c(=O)n(CCC(=O)NC3(C(=O)O)CCOC3)cnc12. The topological polar surface area (TPSA) is 111 Å². The van der Waals surface area contributed by atoms with Gasteiger partial charge in [-0.05, 0) is 18.6 Å². The van der Waals surface area contributed by atoms with Gasteiger partial charge in [-0.15, -0.1) is 0 Å². The fourth-order valence-corrected chi connectivity index (χ4v) is 2.93. The number of carboxylic acid groups (broad SMARTS) is 1. The summed E-state index contributed by atoms with van der Waals surface area (Å²) in [5.74, 6) is -1.55. The minimum Gasteiger partial charge on any atom is -0.479 e. The Bertz CT molecular complexity index is 883. The zero-order valence-corrected chi connectivity index (χ0v) is 13.8. The lowest BCUT2D eigenvalue weighted by molar-refractivity contribution is -0.147. The summed E-state index contributed by atoms with van der Waals surface area (Å²) < 4.78 is 6.46. The molecule has 1 aliphatic rings. The summed E-state index contributed by atoms with van der Waals surface area (Å²) in [5.41, 5.74) is -0.0511. The van der Waals surface area contributed by atoms with Gasteiger partial charge in [0, 0.05) is 26.0 Å². The predicted octanol–water partition coefficient (Wildman–Crippen LogP) is 0.455. The highest BCUT2D eigenvalue weighted by Crippen LogP contribution is 2.19. The van der Waals surface area contributed by atoms with Gasteiger partial charge in [0.05, 0.1) is 23.8 Å². The molecule has 1 aliphatic heterocycles. The van der Waals surface area contributed by atoms with Gasteiger partial charge in [-0.1, -0.05) is 12.1 Å². The molecule has 2 aromatic rings. The standard InChI is InChI=1S/C17H19N3O5/c1-11-3-2-4-12-14(11)18-10-20(15(12)22)7-5-13(21)19-17(16(23)24)6-8-25-9-17/h2-4,10H,5-9H2,1H3,(H,19,21)(H,23,24). The Morgan fingerprint density at radius 1 is 1.44 bits per heavy atom. The van der Waals surface area contributed by atoms with Crippen molar-refractivity contribution >= 4 is 22.8 Å². The van der Waals surface area contributed by atoms with Crippen molar-refractivity contribution in [1.29, 1.82) is 0 Å². The Hall–Kier alpha value is -2.74. The number of rotatable bonds is 5. The molecule has 0 saturated carbocycles. The number of ether oxygens (including phenoxy) is 1. The van der Waals surface area contributed by atoms with E-state index in [4.69, 9.17) is 4.74 Å². The second-order valence-corrected chi connectivity index (χ2v) is 6.20. The van der Waals surface area contributed by atoms with Crippen LogP contribution in [0.25, 0.3) is 10.9 Å². The number of fused-ring (bicyclic) bond motifs is 1. The highest BCUT2D eigenvalue weighted by atomic mass is 16.5. The molecule has 2 heterocycles. The monoisotopic (exact) mass is 345 g/mol. The van der Waals surface area contributed by atoms with E-state index >= 15 is 0 Å². The molecule has 132 valence electrons. The van der Waals surface area contributed by atoms with Gasteiger partial charge in [-0.3, -0.25) is 14.2 Å². The number of carbonyl (C=O) groups excluding carboxylic acids is 1. The van der Waals surface area contributed by atoms with Crippen molar-refractivity contribution in [1.82, 2.24) is 14.9 Å². The minimum atomic E-state index is -1.37. The van der Waals surface area contributed by atoms with E-state index in [2.05, 4.69) is 10.3 Å². The van der Waals surface area contributed by atoms with Gasteiger partial charge in [-0.25, -0.2) is 9.78 Å². The summed E-state index contributed by atoms with van der Waals surface area (Å²) in [6.45, 7) is 2.24. The van der Waals surface area contributed by atoms with Crippen LogP contribution < -0.4 is 10.9 Å². The number of carbonyl (C=O) groups is 2. The van der Waals surface area contributed by atoms with E-state index in [9.17, 15) is 19.5 Å². The van der Waals surface area contributed by atoms with Crippen LogP contribution in [0.1, 0.15) is 18.4 Å². The number of nitrogens with zero attached hydrogens (tertiary/aromatic N) is 2. The van der Waals surface area contributed by atoms with E-state index in [-0.39, 0.29) is 31.6 Å². The van der Waals surface area contributed by atoms with Crippen LogP contribution in [0.5, 0.6) is 0 Å². The van der Waals surface area contributed by atoms with Gasteiger partial charge in [0.1, 0.15) is 0 Å². The van der Waals surface area contributed by atoms with Crippen LogP contribution >= 0.6 is 0 Å². The number of aliphatic carboxylic acids is 1. The molecule has 1 unspecified atom stereocenters. The zero-order chi connectivity index (χ0) is 18.0. The molecule has 1 saturated heterocycles. The van der Waals surface area contributed by atoms with Crippen molar-refractivity contribution in [3.8, 4) is 0 Å². The largest absolute Gasteiger partial charge is 0.479 e. The summed E-state index contributed by atoms with van der Waals surface area (Å²) in [6, 6.07) is 5.36. The Balaban J connectivity index is 1.72. The number of amides is 1. The fourth-order valence-electron chi connectivity index (χ4n) is 2.93. The van der Waals surface area contributed by atoms with E-state index in [0.29, 0.717) is 17.5 Å². The average molecular weight is 345 g/mol. The lowest BCUT2D eigenvalue weighted by Crippen LogP contribution is -2.55. The Morgan fingerprint density at radius 3 is 2.92 bits per heavy atom. The highest BCUT2D eigenvalue weighted by Gasteiger charge is 2.43. The van der Waals surface area contributed by atoms with Crippen molar-refractivity contribution < 1.29 is 19.4 Å². The molecule has 1 atom stereocenters. The van der Waals surface area contributed by atoms with Crippen LogP contribution in [-0.2, 0) is 20.9 Å². The maximum absolute atomic E-state index is 12.5. The molecule has 0 aliphatic carbocycles. The third kappa shape index (κ3) is 3.25. The first kappa shape index (κ1) is 17.1. The van der Waals surface area contributed by atoms with Crippen molar-refractivity contribution in [3.63, 3.8) is 0 Å². The van der Waals surface area contributed by atoms with Gasteiger partial charge < -0.3 is 15.2 Å². The van der Waals surface area contributed by atoms with Crippen LogP contribution in [0, 0.1) is 6.92 Å². The van der Waals surface area contributed by atoms with Crippen LogP contribution in [-0.4, -0.2) is 45.3 Å². The first-order valence-corrected chi connectivity index (χ1v) is 8.00. The van der Waals surface area contributed by atoms with Gasteiger partial charge in [0.15, 0.2) is 5.54 Å². The number of carboxylic acids is 1. The third-order valence-corrected chi connectivity index (χ3v) is 4.44. The Morgan fingerprint density at radius 2 is 2.24 bits per heavy atom. The first-order valence-electron chi connectivity index (χ1n) is 8.00. The van der Waals surface area contributed by atoms with E-state index in [1.54, 1.807) is 12.1 Å². The number of nitrogens with one attached hydrogen (secondary N) is 1. The highest BCUT2D eigenvalue weighted by molar-refractivity contribution is 5.87. The molecule has 0 bridgehead atoms. The molecule has 1 aromatic carbocycles. The smallest absolute Gasteiger partial charge is 0.331 e. The molecule has 25 heavy (non-hydrogen) atoms. The molecule has 8 heteroatoms. The number of hydrogen-bond acceptors (Lipinski definition) is 5. The summed E-state index contributed by atoms with van der Waals surface area (Å²) >= 11 is 0. The second kappa shape index (κ2) is 6.64. The number of para-hydroxylation sites is 1. The molecule has 0 spiro atoms. The predicted molar refractivity (Wildman–Crippen MR) is 89.3 cm³/mol. The lowest BCUT2D eigenvalue weighted by atomic mass is 9.99. The van der Waals surface area contributed by atoms with Gasteiger partial charge in [0.2, 0.25) is 5.91 Å². The maximum Gasteiger partial charge on any atom is 0.331 e. The van der Waals surface area contributed by atoms with Gasteiger partial charge in [0.25, 0.3) is 5.56 Å². The second-order valence-electron chi connectivity index (χ2n) is 6.20. The summed E-state index contributed by atoms with van der Waals surface area (Å²) in [4.78, 5) is 40.3. The Labute approximate surface area is 143 Å². The van der Waals surface area contributed by atoms with Crippen molar-refractivity contribution in [2.45, 2.75) is 31.8 Å². The Kier molecular flexibility index (Phi) is 4.54. The molecule has 8 nitrogen and oxygen atoms in total. The van der Waals surface area contributed by atoms with E-state index in [1.165, 1.54) is 10.9 Å². The minimum absolute atomic E-state index is 0.0199. The molecule has 1 aromatic heterocycles. The zero-order valence-electron chi connectivity index (χ0n) is 13.8. The van der Waals surface area contributed by atoms with E-state index in [1.807, 2.05) is 13.0 Å².